The van der Waals surface area contributed by atoms with Crippen LogP contribution in [0, 0.1) is 0 Å². The highest BCUT2D eigenvalue weighted by Gasteiger charge is 2.28. The summed E-state index contributed by atoms with van der Waals surface area (Å²) in [5.41, 5.74) is 0.836. The molecule has 1 saturated heterocycles. The third-order valence-electron chi connectivity index (χ3n) is 4.54. The van der Waals surface area contributed by atoms with E-state index in [2.05, 4.69) is 25.2 Å². The number of hydrogen-bond acceptors (Lipinski definition) is 7. The van der Waals surface area contributed by atoms with Gasteiger partial charge < -0.3 is 14.3 Å². The van der Waals surface area contributed by atoms with Gasteiger partial charge in [0.05, 0.1) is 0 Å². The molecule has 1 atom stereocenters. The first kappa shape index (κ1) is 16.8. The fraction of sp³-hybridized carbons (Fsp3) is 0.333. The van der Waals surface area contributed by atoms with Crippen molar-refractivity contribution < 1.29 is 4.52 Å². The van der Waals surface area contributed by atoms with Crippen LogP contribution in [0.3, 0.4) is 0 Å². The van der Waals surface area contributed by atoms with Gasteiger partial charge in [-0.25, -0.2) is 0 Å². The number of likely N-dealkylation sites (N-methyl/N-ethyl adjacent to an activating group) is 1. The molecule has 0 saturated carbocycles. The van der Waals surface area contributed by atoms with Gasteiger partial charge in [0.15, 0.2) is 5.82 Å². The van der Waals surface area contributed by atoms with Crippen LogP contribution in [0.4, 0.5) is 11.8 Å². The van der Waals surface area contributed by atoms with E-state index in [1.807, 2.05) is 48.3 Å². The minimum atomic E-state index is 0.332. The Morgan fingerprint density at radius 2 is 2.23 bits per heavy atom. The van der Waals surface area contributed by atoms with Gasteiger partial charge in [-0.1, -0.05) is 28.9 Å². The van der Waals surface area contributed by atoms with Crippen LogP contribution >= 0.6 is 11.6 Å². The van der Waals surface area contributed by atoms with Crippen LogP contribution in [0.15, 0.2) is 47.1 Å². The van der Waals surface area contributed by atoms with Gasteiger partial charge in [-0.3, -0.25) is 0 Å². The van der Waals surface area contributed by atoms with Crippen molar-refractivity contribution >= 4 is 23.4 Å². The highest BCUT2D eigenvalue weighted by atomic mass is 35.5. The molecular weight excluding hydrogens is 352 g/mol. The first-order valence-electron chi connectivity index (χ1n) is 8.56. The molecule has 1 unspecified atom stereocenters. The van der Waals surface area contributed by atoms with Crippen LogP contribution < -0.4 is 9.80 Å². The summed E-state index contributed by atoms with van der Waals surface area (Å²) in [6.07, 6.45) is 3.92. The van der Waals surface area contributed by atoms with E-state index < -0.39 is 0 Å². The molecular formula is C18H19ClN6O. The summed E-state index contributed by atoms with van der Waals surface area (Å²) in [7, 11) is 1.96. The number of rotatable bonds is 5. The Morgan fingerprint density at radius 3 is 3.04 bits per heavy atom. The molecule has 3 heterocycles. The number of hydrogen-bond donors (Lipinski definition) is 0. The van der Waals surface area contributed by atoms with Gasteiger partial charge in [0.25, 0.3) is 0 Å². The highest BCUT2D eigenvalue weighted by Crippen LogP contribution is 2.26. The van der Waals surface area contributed by atoms with Crippen LogP contribution in [0.25, 0.3) is 11.4 Å². The number of anilines is 2. The summed E-state index contributed by atoms with van der Waals surface area (Å²) in [6, 6.07) is 12.2. The smallest absolute Gasteiger partial charge is 0.324 e. The van der Waals surface area contributed by atoms with E-state index in [1.54, 1.807) is 6.20 Å². The molecule has 0 radical (unpaired) electrons. The standard InChI is InChI=1S/C18H19ClN6O/c1-24(12-15-7-4-10-25(15)16-8-3-9-20-22-16)18-21-17(23-26-18)13-5-2-6-14(19)11-13/h2-3,5-6,8-9,11,15H,4,7,10,12H2,1H3. The second-order valence-corrected chi connectivity index (χ2v) is 6.80. The molecule has 8 heteroatoms. The molecule has 1 aromatic carbocycles. The Kier molecular flexibility index (Phi) is 4.71. The maximum absolute atomic E-state index is 6.04. The molecule has 2 aromatic heterocycles. The Hall–Kier alpha value is -2.67. The predicted octanol–water partition coefficient (Wildman–Crippen LogP) is 3.29. The number of halogens is 1. The van der Waals surface area contributed by atoms with E-state index in [4.69, 9.17) is 16.1 Å². The van der Waals surface area contributed by atoms with Crippen molar-refractivity contribution in [1.29, 1.82) is 0 Å². The largest absolute Gasteiger partial charge is 0.350 e. The molecule has 0 amide bonds. The molecule has 7 nitrogen and oxygen atoms in total. The molecule has 1 aliphatic rings. The minimum Gasteiger partial charge on any atom is -0.350 e. The van der Waals surface area contributed by atoms with E-state index in [9.17, 15) is 0 Å². The van der Waals surface area contributed by atoms with E-state index in [-0.39, 0.29) is 0 Å². The molecule has 4 rings (SSSR count). The summed E-state index contributed by atoms with van der Waals surface area (Å²) in [6.45, 7) is 1.75. The van der Waals surface area contributed by atoms with E-state index in [1.165, 1.54) is 0 Å². The molecule has 0 spiro atoms. The maximum atomic E-state index is 6.04. The average Bonchev–Trinajstić information content (AvgIpc) is 3.32. The summed E-state index contributed by atoms with van der Waals surface area (Å²) < 4.78 is 5.45. The predicted molar refractivity (Wildman–Crippen MR) is 100 cm³/mol. The Labute approximate surface area is 156 Å². The number of benzene rings is 1. The van der Waals surface area contributed by atoms with Crippen molar-refractivity contribution in [2.45, 2.75) is 18.9 Å². The van der Waals surface area contributed by atoms with Gasteiger partial charge in [0.2, 0.25) is 5.82 Å². The van der Waals surface area contributed by atoms with E-state index >= 15 is 0 Å². The lowest BCUT2D eigenvalue weighted by Gasteiger charge is -2.28. The summed E-state index contributed by atoms with van der Waals surface area (Å²) in [4.78, 5) is 8.78. The van der Waals surface area contributed by atoms with Crippen LogP contribution in [-0.4, -0.2) is 46.5 Å². The third kappa shape index (κ3) is 3.48. The summed E-state index contributed by atoms with van der Waals surface area (Å²) >= 11 is 6.04. The van der Waals surface area contributed by atoms with Gasteiger partial charge in [0.1, 0.15) is 0 Å². The van der Waals surface area contributed by atoms with Crippen molar-refractivity contribution in [3.05, 3.63) is 47.6 Å². The van der Waals surface area contributed by atoms with Gasteiger partial charge in [-0.05, 0) is 37.1 Å². The van der Waals surface area contributed by atoms with Crippen molar-refractivity contribution in [3.63, 3.8) is 0 Å². The lowest BCUT2D eigenvalue weighted by molar-refractivity contribution is 0.415. The second kappa shape index (κ2) is 7.29. The van der Waals surface area contributed by atoms with Gasteiger partial charge >= 0.3 is 6.01 Å². The number of nitrogens with zero attached hydrogens (tertiary/aromatic N) is 6. The van der Waals surface area contributed by atoms with Crippen LogP contribution in [-0.2, 0) is 0 Å². The summed E-state index contributed by atoms with van der Waals surface area (Å²) in [5, 5.41) is 12.9. The van der Waals surface area contributed by atoms with E-state index in [0.29, 0.717) is 22.9 Å². The Morgan fingerprint density at radius 1 is 1.31 bits per heavy atom. The number of aromatic nitrogens is 4. The molecule has 26 heavy (non-hydrogen) atoms. The van der Waals surface area contributed by atoms with Crippen LogP contribution in [0.1, 0.15) is 12.8 Å². The average molecular weight is 371 g/mol. The summed E-state index contributed by atoms with van der Waals surface area (Å²) in [5.74, 6) is 1.44. The Balaban J connectivity index is 1.47. The topological polar surface area (TPSA) is 71.2 Å². The van der Waals surface area contributed by atoms with E-state index in [0.717, 1.165) is 37.3 Å². The lowest BCUT2D eigenvalue weighted by Crippen LogP contribution is -2.39. The van der Waals surface area contributed by atoms with Crippen LogP contribution in [0.5, 0.6) is 0 Å². The quantitative estimate of drug-likeness (QED) is 0.682. The van der Waals surface area contributed by atoms with Crippen molar-refractivity contribution in [3.8, 4) is 11.4 Å². The van der Waals surface area contributed by atoms with Crippen molar-refractivity contribution in [2.24, 2.45) is 0 Å². The van der Waals surface area contributed by atoms with Gasteiger partial charge in [0, 0.05) is 43.0 Å². The fourth-order valence-electron chi connectivity index (χ4n) is 3.28. The lowest BCUT2D eigenvalue weighted by atomic mass is 10.2. The first-order valence-corrected chi connectivity index (χ1v) is 8.93. The molecule has 3 aromatic rings. The molecule has 0 aliphatic carbocycles. The highest BCUT2D eigenvalue weighted by molar-refractivity contribution is 6.30. The fourth-order valence-corrected chi connectivity index (χ4v) is 3.47. The zero-order valence-corrected chi connectivity index (χ0v) is 15.2. The molecule has 0 N–H and O–H groups in total. The zero-order chi connectivity index (χ0) is 17.9. The maximum Gasteiger partial charge on any atom is 0.324 e. The SMILES string of the molecule is CN(CC1CCCN1c1cccnn1)c1nc(-c2cccc(Cl)c2)no1. The van der Waals surface area contributed by atoms with Crippen LogP contribution in [0.2, 0.25) is 5.02 Å². The molecule has 1 fully saturated rings. The normalized spacial score (nSPS) is 16.8. The second-order valence-electron chi connectivity index (χ2n) is 6.36. The first-order chi connectivity index (χ1) is 12.7. The molecule has 0 bridgehead atoms. The van der Waals surface area contributed by atoms with Gasteiger partial charge in [-0.15, -0.1) is 5.10 Å². The zero-order valence-electron chi connectivity index (χ0n) is 14.4. The monoisotopic (exact) mass is 370 g/mol. The van der Waals surface area contributed by atoms with Crippen molar-refractivity contribution in [2.75, 3.05) is 29.9 Å². The minimum absolute atomic E-state index is 0.332. The molecule has 1 aliphatic heterocycles. The van der Waals surface area contributed by atoms with Crippen molar-refractivity contribution in [1.82, 2.24) is 20.3 Å². The molecule has 134 valence electrons. The third-order valence-corrected chi connectivity index (χ3v) is 4.77. The Bertz CT molecular complexity index is 871. The van der Waals surface area contributed by atoms with Gasteiger partial charge in [-0.2, -0.15) is 10.1 Å².